The van der Waals surface area contributed by atoms with Gasteiger partial charge in [-0.3, -0.25) is 4.79 Å². The van der Waals surface area contributed by atoms with Gasteiger partial charge in [0.2, 0.25) is 5.91 Å². The Bertz CT molecular complexity index is 1020. The molecule has 0 aliphatic carbocycles. The Kier molecular flexibility index (Phi) is 5.98. The molecular weight excluding hydrogens is 404 g/mol. The van der Waals surface area contributed by atoms with E-state index in [2.05, 4.69) is 10.2 Å². The van der Waals surface area contributed by atoms with Crippen LogP contribution in [-0.4, -0.2) is 52.1 Å². The summed E-state index contributed by atoms with van der Waals surface area (Å²) < 4.78 is 18.1. The molecule has 4 rings (SSSR count). The maximum Gasteiger partial charge on any atom is 0.233 e. The van der Waals surface area contributed by atoms with E-state index in [1.54, 1.807) is 26.5 Å². The van der Waals surface area contributed by atoms with Crippen molar-refractivity contribution in [3.8, 4) is 23.1 Å². The van der Waals surface area contributed by atoms with Gasteiger partial charge in [0.05, 0.1) is 32.3 Å². The number of methoxy groups -OCH3 is 2. The number of hydrogen-bond acceptors (Lipinski definition) is 7. The molecule has 158 valence electrons. The number of furan rings is 1. The molecule has 8 nitrogen and oxygen atoms in total. The largest absolute Gasteiger partial charge is 0.497 e. The van der Waals surface area contributed by atoms with Crippen LogP contribution < -0.4 is 9.47 Å². The third-order valence-corrected chi connectivity index (χ3v) is 6.28. The fourth-order valence-corrected chi connectivity index (χ4v) is 4.56. The quantitative estimate of drug-likeness (QED) is 0.532. The maximum absolute atomic E-state index is 13.1. The Morgan fingerprint density at radius 3 is 2.87 bits per heavy atom. The molecule has 9 heteroatoms. The molecule has 0 N–H and O–H groups in total. The summed E-state index contributed by atoms with van der Waals surface area (Å²) in [7, 11) is 5.15. The van der Waals surface area contributed by atoms with E-state index in [0.717, 1.165) is 36.4 Å². The zero-order valence-corrected chi connectivity index (χ0v) is 18.0. The van der Waals surface area contributed by atoms with E-state index in [1.807, 2.05) is 40.8 Å². The van der Waals surface area contributed by atoms with Crippen LogP contribution in [0.25, 0.3) is 11.6 Å². The first-order valence-corrected chi connectivity index (χ1v) is 10.7. The highest BCUT2D eigenvalue weighted by molar-refractivity contribution is 7.99. The highest BCUT2D eigenvalue weighted by Gasteiger charge is 2.32. The van der Waals surface area contributed by atoms with Crippen LogP contribution in [-0.2, 0) is 11.8 Å². The minimum atomic E-state index is -0.0265. The van der Waals surface area contributed by atoms with Crippen LogP contribution in [0.5, 0.6) is 11.5 Å². The van der Waals surface area contributed by atoms with E-state index in [1.165, 1.54) is 11.8 Å². The maximum atomic E-state index is 13.1. The Hall–Kier alpha value is -2.94. The minimum absolute atomic E-state index is 0.0265. The summed E-state index contributed by atoms with van der Waals surface area (Å²) in [5.74, 6) is 3.15. The highest BCUT2D eigenvalue weighted by atomic mass is 32.2. The van der Waals surface area contributed by atoms with Gasteiger partial charge in [0.15, 0.2) is 16.7 Å². The third-order valence-electron chi connectivity index (χ3n) is 5.27. The number of likely N-dealkylation sites (tertiary alicyclic amines) is 1. The normalized spacial score (nSPS) is 16.1. The van der Waals surface area contributed by atoms with Crippen molar-refractivity contribution >= 4 is 17.7 Å². The third kappa shape index (κ3) is 3.89. The Morgan fingerprint density at radius 1 is 1.27 bits per heavy atom. The lowest BCUT2D eigenvalue weighted by Gasteiger charge is -2.26. The number of amides is 1. The predicted molar refractivity (Wildman–Crippen MR) is 113 cm³/mol. The van der Waals surface area contributed by atoms with Crippen molar-refractivity contribution in [3.05, 3.63) is 42.2 Å². The smallest absolute Gasteiger partial charge is 0.233 e. The van der Waals surface area contributed by atoms with Crippen molar-refractivity contribution in [3.63, 3.8) is 0 Å². The van der Waals surface area contributed by atoms with E-state index in [-0.39, 0.29) is 17.7 Å². The zero-order valence-electron chi connectivity index (χ0n) is 17.2. The topological polar surface area (TPSA) is 82.6 Å². The van der Waals surface area contributed by atoms with Crippen molar-refractivity contribution < 1.29 is 18.7 Å². The molecule has 3 heterocycles. The molecule has 0 radical (unpaired) electrons. The first-order valence-electron chi connectivity index (χ1n) is 9.70. The van der Waals surface area contributed by atoms with E-state index in [4.69, 9.17) is 13.9 Å². The minimum Gasteiger partial charge on any atom is -0.497 e. The molecule has 1 aliphatic heterocycles. The summed E-state index contributed by atoms with van der Waals surface area (Å²) >= 11 is 1.38. The average Bonchev–Trinajstić information content (AvgIpc) is 3.52. The molecule has 1 aromatic carbocycles. The lowest BCUT2D eigenvalue weighted by molar-refractivity contribution is -0.129. The number of ether oxygens (including phenoxy) is 2. The first kappa shape index (κ1) is 20.3. The zero-order chi connectivity index (χ0) is 21.1. The van der Waals surface area contributed by atoms with E-state index < -0.39 is 0 Å². The van der Waals surface area contributed by atoms with E-state index >= 15 is 0 Å². The SMILES string of the molecule is COc1ccc(OC)c([C@H]2CCCN2C(=O)CSc2nnc(-c3ccco3)n2C)c1. The summed E-state index contributed by atoms with van der Waals surface area (Å²) in [5.41, 5.74) is 0.978. The van der Waals surface area contributed by atoms with Crippen molar-refractivity contribution in [2.45, 2.75) is 24.0 Å². The van der Waals surface area contributed by atoms with Crippen LogP contribution >= 0.6 is 11.8 Å². The molecule has 1 fully saturated rings. The Balaban J connectivity index is 1.48. The van der Waals surface area contributed by atoms with Gasteiger partial charge in [-0.15, -0.1) is 10.2 Å². The first-order chi connectivity index (χ1) is 14.6. The van der Waals surface area contributed by atoms with Gasteiger partial charge in [0, 0.05) is 19.2 Å². The van der Waals surface area contributed by atoms with Crippen LogP contribution in [0.2, 0.25) is 0 Å². The van der Waals surface area contributed by atoms with Crippen LogP contribution in [0, 0.1) is 0 Å². The fraction of sp³-hybridized carbons (Fsp3) is 0.381. The second-order valence-corrected chi connectivity index (χ2v) is 7.93. The summed E-state index contributed by atoms with van der Waals surface area (Å²) in [6, 6.07) is 9.33. The number of thioether (sulfide) groups is 1. The molecule has 1 aliphatic rings. The van der Waals surface area contributed by atoms with Gasteiger partial charge in [-0.2, -0.15) is 0 Å². The number of benzene rings is 1. The van der Waals surface area contributed by atoms with E-state index in [9.17, 15) is 4.79 Å². The number of hydrogen-bond donors (Lipinski definition) is 0. The Morgan fingerprint density at radius 2 is 2.13 bits per heavy atom. The van der Waals surface area contributed by atoms with Crippen molar-refractivity contribution in [1.29, 1.82) is 0 Å². The van der Waals surface area contributed by atoms with Crippen molar-refractivity contribution in [1.82, 2.24) is 19.7 Å². The highest BCUT2D eigenvalue weighted by Crippen LogP contribution is 2.39. The second kappa shape index (κ2) is 8.83. The van der Waals surface area contributed by atoms with Crippen LogP contribution in [0.15, 0.2) is 46.2 Å². The van der Waals surface area contributed by atoms with Gasteiger partial charge in [-0.05, 0) is 43.2 Å². The van der Waals surface area contributed by atoms with Gasteiger partial charge in [-0.1, -0.05) is 11.8 Å². The molecule has 2 aromatic heterocycles. The van der Waals surface area contributed by atoms with Gasteiger partial charge >= 0.3 is 0 Å². The molecule has 0 unspecified atom stereocenters. The van der Waals surface area contributed by atoms with Crippen LogP contribution in [0.4, 0.5) is 0 Å². The molecule has 30 heavy (non-hydrogen) atoms. The Labute approximate surface area is 179 Å². The summed E-state index contributed by atoms with van der Waals surface area (Å²) in [6.07, 6.45) is 3.45. The monoisotopic (exact) mass is 428 g/mol. The van der Waals surface area contributed by atoms with Gasteiger partial charge in [-0.25, -0.2) is 0 Å². The number of nitrogens with zero attached hydrogens (tertiary/aromatic N) is 4. The van der Waals surface area contributed by atoms with Gasteiger partial charge in [0.25, 0.3) is 0 Å². The number of aromatic nitrogens is 3. The number of rotatable bonds is 7. The fourth-order valence-electron chi connectivity index (χ4n) is 3.76. The van der Waals surface area contributed by atoms with Crippen LogP contribution in [0.1, 0.15) is 24.4 Å². The molecule has 0 saturated carbocycles. The lowest BCUT2D eigenvalue weighted by Crippen LogP contribution is -2.32. The van der Waals surface area contributed by atoms with Gasteiger partial charge < -0.3 is 23.4 Å². The number of carbonyl (C=O) groups is 1. The summed E-state index contributed by atoms with van der Waals surface area (Å²) in [6.45, 7) is 0.723. The molecule has 1 atom stereocenters. The number of carbonyl (C=O) groups excluding carboxylic acids is 1. The molecule has 3 aromatic rings. The van der Waals surface area contributed by atoms with Crippen molar-refractivity contribution in [2.75, 3.05) is 26.5 Å². The summed E-state index contributed by atoms with van der Waals surface area (Å²) in [4.78, 5) is 15.0. The van der Waals surface area contributed by atoms with E-state index in [0.29, 0.717) is 16.7 Å². The molecule has 0 spiro atoms. The van der Waals surface area contributed by atoms with Crippen molar-refractivity contribution in [2.24, 2.45) is 7.05 Å². The predicted octanol–water partition coefficient (Wildman–Crippen LogP) is 3.55. The standard InChI is InChI=1S/C21H24N4O4S/c1-24-20(18-7-5-11-29-18)22-23-21(24)30-13-19(26)25-10-4-6-16(25)15-12-14(27-2)8-9-17(15)28-3/h5,7-9,11-12,16H,4,6,10,13H2,1-3H3/t16-/m1/s1. The molecule has 0 bridgehead atoms. The second-order valence-electron chi connectivity index (χ2n) is 6.98. The molecule has 1 amide bonds. The summed E-state index contributed by atoms with van der Waals surface area (Å²) in [5, 5.41) is 9.06. The van der Waals surface area contributed by atoms with Crippen LogP contribution in [0.3, 0.4) is 0 Å². The lowest BCUT2D eigenvalue weighted by atomic mass is 10.0. The average molecular weight is 429 g/mol. The van der Waals surface area contributed by atoms with Gasteiger partial charge in [0.1, 0.15) is 11.5 Å². The molecule has 1 saturated heterocycles. The molecular formula is C21H24N4O4S.